The summed E-state index contributed by atoms with van der Waals surface area (Å²) in [4.78, 5) is 33.7. The standard InChI is InChI=1S/C16H20BrN3O3S/c1-4-23-15(22)11-9-10(2)18-13-12(11)14(21)20(3)16(19-13)24-8-6-5-7-17/h9H,4-8H2,1-3H3. The Balaban J connectivity index is 2.51. The summed E-state index contributed by atoms with van der Waals surface area (Å²) in [6, 6.07) is 1.58. The van der Waals surface area contributed by atoms with E-state index in [2.05, 4.69) is 25.9 Å². The number of aryl methyl sites for hydroxylation is 1. The molecule has 0 aliphatic heterocycles. The van der Waals surface area contributed by atoms with Crippen molar-refractivity contribution in [1.29, 1.82) is 0 Å². The zero-order valence-corrected chi connectivity index (χ0v) is 16.4. The van der Waals surface area contributed by atoms with Crippen molar-refractivity contribution in [3.05, 3.63) is 27.7 Å². The van der Waals surface area contributed by atoms with Gasteiger partial charge in [0.1, 0.15) is 0 Å². The van der Waals surface area contributed by atoms with Crippen molar-refractivity contribution in [2.45, 2.75) is 31.8 Å². The summed E-state index contributed by atoms with van der Waals surface area (Å²) in [6.07, 6.45) is 2.10. The van der Waals surface area contributed by atoms with E-state index in [1.165, 1.54) is 16.3 Å². The van der Waals surface area contributed by atoms with Gasteiger partial charge in [0, 0.05) is 23.8 Å². The fraction of sp³-hybridized carbons (Fsp3) is 0.500. The summed E-state index contributed by atoms with van der Waals surface area (Å²) in [7, 11) is 1.66. The van der Waals surface area contributed by atoms with Crippen molar-refractivity contribution in [1.82, 2.24) is 14.5 Å². The number of unbranched alkanes of at least 4 members (excludes halogenated alkanes) is 1. The van der Waals surface area contributed by atoms with E-state index >= 15 is 0 Å². The predicted molar refractivity (Wildman–Crippen MR) is 99.2 cm³/mol. The molecule has 0 N–H and O–H groups in total. The summed E-state index contributed by atoms with van der Waals surface area (Å²) in [5.74, 6) is 0.345. The number of carbonyl (C=O) groups excluding carboxylic acids is 1. The second-order valence-electron chi connectivity index (χ2n) is 5.23. The van der Waals surface area contributed by atoms with Crippen LogP contribution in [0.5, 0.6) is 0 Å². The average Bonchev–Trinajstić information content (AvgIpc) is 2.55. The molecule has 0 saturated heterocycles. The van der Waals surface area contributed by atoms with Crippen LogP contribution < -0.4 is 5.56 Å². The van der Waals surface area contributed by atoms with E-state index in [4.69, 9.17) is 4.74 Å². The Bertz CT molecular complexity index is 807. The SMILES string of the molecule is CCOC(=O)c1cc(C)nc2nc(SCCCCBr)n(C)c(=O)c12. The number of esters is 1. The van der Waals surface area contributed by atoms with Gasteiger partial charge in [-0.25, -0.2) is 14.8 Å². The maximum Gasteiger partial charge on any atom is 0.339 e. The molecule has 8 heteroatoms. The molecule has 0 unspecified atom stereocenters. The summed E-state index contributed by atoms with van der Waals surface area (Å²) >= 11 is 4.92. The number of fused-ring (bicyclic) bond motifs is 1. The van der Waals surface area contributed by atoms with Gasteiger partial charge in [-0.3, -0.25) is 9.36 Å². The summed E-state index contributed by atoms with van der Waals surface area (Å²) < 4.78 is 6.53. The first kappa shape index (κ1) is 18.9. The van der Waals surface area contributed by atoms with Crippen LogP contribution in [0.15, 0.2) is 16.0 Å². The van der Waals surface area contributed by atoms with Crippen LogP contribution in [0.3, 0.4) is 0 Å². The lowest BCUT2D eigenvalue weighted by Crippen LogP contribution is -2.23. The number of thioether (sulfide) groups is 1. The second-order valence-corrected chi connectivity index (χ2v) is 7.09. The number of pyridine rings is 1. The molecule has 0 fully saturated rings. The number of halogens is 1. The molecule has 0 saturated carbocycles. The first-order valence-corrected chi connectivity index (χ1v) is 9.84. The van der Waals surface area contributed by atoms with Gasteiger partial charge in [-0.05, 0) is 32.8 Å². The molecule has 2 rings (SSSR count). The lowest BCUT2D eigenvalue weighted by Gasteiger charge is -2.11. The number of hydrogen-bond acceptors (Lipinski definition) is 6. The van der Waals surface area contributed by atoms with Crippen molar-refractivity contribution in [3.8, 4) is 0 Å². The summed E-state index contributed by atoms with van der Waals surface area (Å²) in [5, 5.41) is 1.78. The zero-order valence-electron chi connectivity index (χ0n) is 14.0. The third kappa shape index (κ3) is 4.16. The number of nitrogens with zero attached hydrogens (tertiary/aromatic N) is 3. The van der Waals surface area contributed by atoms with E-state index in [0.717, 1.165) is 23.9 Å². The van der Waals surface area contributed by atoms with Crippen LogP contribution in [0, 0.1) is 6.92 Å². The highest BCUT2D eigenvalue weighted by molar-refractivity contribution is 9.09. The Hall–Kier alpha value is -1.41. The molecule has 0 atom stereocenters. The number of ether oxygens (including phenoxy) is 1. The van der Waals surface area contributed by atoms with E-state index in [1.54, 1.807) is 27.0 Å². The molecule has 0 aliphatic carbocycles. The second kappa shape index (κ2) is 8.62. The zero-order chi connectivity index (χ0) is 17.7. The molecule has 24 heavy (non-hydrogen) atoms. The van der Waals surface area contributed by atoms with Crippen LogP contribution >= 0.6 is 27.7 Å². The highest BCUT2D eigenvalue weighted by Crippen LogP contribution is 2.20. The van der Waals surface area contributed by atoms with E-state index in [9.17, 15) is 9.59 Å². The molecule has 6 nitrogen and oxygen atoms in total. The fourth-order valence-electron chi connectivity index (χ4n) is 2.23. The molecule has 0 spiro atoms. The molecular weight excluding hydrogens is 394 g/mol. The molecule has 2 aromatic heterocycles. The Morgan fingerprint density at radius 1 is 1.38 bits per heavy atom. The molecule has 0 bridgehead atoms. The molecule has 130 valence electrons. The van der Waals surface area contributed by atoms with Crippen molar-refractivity contribution >= 4 is 44.7 Å². The van der Waals surface area contributed by atoms with Gasteiger partial charge < -0.3 is 4.74 Å². The van der Waals surface area contributed by atoms with Crippen molar-refractivity contribution < 1.29 is 9.53 Å². The van der Waals surface area contributed by atoms with Gasteiger partial charge >= 0.3 is 5.97 Å². The van der Waals surface area contributed by atoms with Gasteiger partial charge in [-0.15, -0.1) is 0 Å². The Kier molecular flexibility index (Phi) is 6.79. The molecule has 2 heterocycles. The van der Waals surface area contributed by atoms with Gasteiger partial charge in [-0.1, -0.05) is 27.7 Å². The Morgan fingerprint density at radius 2 is 2.12 bits per heavy atom. The average molecular weight is 414 g/mol. The lowest BCUT2D eigenvalue weighted by molar-refractivity contribution is 0.0528. The first-order valence-electron chi connectivity index (χ1n) is 7.73. The fourth-order valence-corrected chi connectivity index (χ4v) is 3.58. The Labute approximate surface area is 153 Å². The summed E-state index contributed by atoms with van der Waals surface area (Å²) in [6.45, 7) is 3.74. The molecule has 0 aliphatic rings. The van der Waals surface area contributed by atoms with Crippen LogP contribution in [-0.4, -0.2) is 38.2 Å². The minimum atomic E-state index is -0.523. The first-order chi connectivity index (χ1) is 11.5. The van der Waals surface area contributed by atoms with Crippen LogP contribution in [0.1, 0.15) is 35.8 Å². The van der Waals surface area contributed by atoms with Gasteiger partial charge in [0.25, 0.3) is 5.56 Å². The van der Waals surface area contributed by atoms with Crippen molar-refractivity contribution in [2.75, 3.05) is 17.7 Å². The lowest BCUT2D eigenvalue weighted by atomic mass is 10.1. The van der Waals surface area contributed by atoms with Crippen LogP contribution in [0.2, 0.25) is 0 Å². The molecule has 0 aromatic carbocycles. The monoisotopic (exact) mass is 413 g/mol. The van der Waals surface area contributed by atoms with Gasteiger partial charge in [0.2, 0.25) is 0 Å². The topological polar surface area (TPSA) is 74.1 Å². The number of alkyl halides is 1. The number of carbonyl (C=O) groups is 1. The molecule has 0 radical (unpaired) electrons. The van der Waals surface area contributed by atoms with E-state index in [0.29, 0.717) is 16.5 Å². The normalized spacial score (nSPS) is 11.0. The van der Waals surface area contributed by atoms with E-state index in [1.807, 2.05) is 0 Å². The largest absolute Gasteiger partial charge is 0.462 e. The molecule has 0 amide bonds. The highest BCUT2D eigenvalue weighted by atomic mass is 79.9. The summed E-state index contributed by atoms with van der Waals surface area (Å²) in [5.41, 5.74) is 0.868. The third-order valence-corrected chi connectivity index (χ3v) is 5.07. The third-order valence-electron chi connectivity index (χ3n) is 3.39. The Morgan fingerprint density at radius 3 is 2.79 bits per heavy atom. The minimum absolute atomic E-state index is 0.214. The quantitative estimate of drug-likeness (QED) is 0.228. The number of aromatic nitrogens is 3. The van der Waals surface area contributed by atoms with Crippen molar-refractivity contribution in [2.24, 2.45) is 7.05 Å². The van der Waals surface area contributed by atoms with Crippen LogP contribution in [0.4, 0.5) is 0 Å². The van der Waals surface area contributed by atoms with Crippen LogP contribution in [0.25, 0.3) is 11.0 Å². The van der Waals surface area contributed by atoms with Gasteiger partial charge in [0.15, 0.2) is 10.8 Å². The minimum Gasteiger partial charge on any atom is -0.462 e. The molecular formula is C16H20BrN3O3S. The smallest absolute Gasteiger partial charge is 0.339 e. The maximum atomic E-state index is 12.7. The molecule has 2 aromatic rings. The predicted octanol–water partition coefficient (Wildman–Crippen LogP) is 3.08. The van der Waals surface area contributed by atoms with Crippen molar-refractivity contribution in [3.63, 3.8) is 0 Å². The van der Waals surface area contributed by atoms with Crippen LogP contribution in [-0.2, 0) is 11.8 Å². The van der Waals surface area contributed by atoms with Gasteiger partial charge in [0.05, 0.1) is 17.6 Å². The van der Waals surface area contributed by atoms with E-state index < -0.39 is 5.97 Å². The van der Waals surface area contributed by atoms with Gasteiger partial charge in [-0.2, -0.15) is 0 Å². The van der Waals surface area contributed by atoms with E-state index in [-0.39, 0.29) is 23.1 Å². The maximum absolute atomic E-state index is 12.7. The number of hydrogen-bond donors (Lipinski definition) is 0. The number of rotatable bonds is 7. The highest BCUT2D eigenvalue weighted by Gasteiger charge is 2.19.